The summed E-state index contributed by atoms with van der Waals surface area (Å²) in [5.41, 5.74) is 8.98. The molecule has 0 bridgehead atoms. The highest BCUT2D eigenvalue weighted by molar-refractivity contribution is 5.94. The molecule has 0 radical (unpaired) electrons. The Morgan fingerprint density at radius 1 is 1.06 bits per heavy atom. The Kier molecular flexibility index (Phi) is 4.66. The molecule has 4 heterocycles. The second-order valence-electron chi connectivity index (χ2n) is 7.69. The lowest BCUT2D eigenvalue weighted by Gasteiger charge is -2.19. The maximum absolute atomic E-state index is 6.08. The maximum atomic E-state index is 6.08. The molecule has 32 heavy (non-hydrogen) atoms. The number of rotatable bonds is 4. The Labute approximate surface area is 185 Å². The van der Waals surface area contributed by atoms with E-state index in [0.29, 0.717) is 19.0 Å². The molecule has 0 saturated heterocycles. The number of hydrogen-bond acceptors (Lipinski definition) is 7. The molecule has 6 rings (SSSR count). The molecule has 2 aliphatic heterocycles. The van der Waals surface area contributed by atoms with E-state index in [1.165, 1.54) is 5.57 Å². The third-order valence-corrected chi connectivity index (χ3v) is 5.72. The van der Waals surface area contributed by atoms with Gasteiger partial charge >= 0.3 is 0 Å². The van der Waals surface area contributed by atoms with Crippen molar-refractivity contribution in [3.8, 4) is 11.5 Å². The Balaban J connectivity index is 1.29. The van der Waals surface area contributed by atoms with Crippen molar-refractivity contribution in [2.75, 3.05) is 19.7 Å². The van der Waals surface area contributed by atoms with Gasteiger partial charge in [0.05, 0.1) is 17.8 Å². The van der Waals surface area contributed by atoms with Gasteiger partial charge in [-0.3, -0.25) is 4.98 Å². The van der Waals surface area contributed by atoms with Crippen LogP contribution < -0.4 is 14.9 Å². The van der Waals surface area contributed by atoms with Gasteiger partial charge in [0.1, 0.15) is 24.7 Å². The lowest BCUT2D eigenvalue weighted by Crippen LogP contribution is -2.33. The maximum Gasteiger partial charge on any atom is 0.166 e. The number of benzene rings is 2. The molecule has 0 fully saturated rings. The van der Waals surface area contributed by atoms with Crippen molar-refractivity contribution < 1.29 is 9.47 Å². The molecule has 158 valence electrons. The molecule has 7 heteroatoms. The van der Waals surface area contributed by atoms with E-state index in [4.69, 9.17) is 9.47 Å². The first kappa shape index (κ1) is 18.8. The fraction of sp³-hybridized carbons (Fsp3) is 0.160. The minimum Gasteiger partial charge on any atom is -0.491 e. The highest BCUT2D eigenvalue weighted by Crippen LogP contribution is 2.40. The second kappa shape index (κ2) is 7.94. The molecule has 0 unspecified atom stereocenters. The highest BCUT2D eigenvalue weighted by atomic mass is 16.5. The van der Waals surface area contributed by atoms with Gasteiger partial charge in [0.15, 0.2) is 5.82 Å². The minimum absolute atomic E-state index is 0.294. The zero-order valence-corrected chi connectivity index (χ0v) is 17.4. The van der Waals surface area contributed by atoms with Crippen molar-refractivity contribution in [3.05, 3.63) is 90.1 Å². The summed E-state index contributed by atoms with van der Waals surface area (Å²) in [6.07, 6.45) is 5.48. The van der Waals surface area contributed by atoms with Crippen LogP contribution in [0.15, 0.2) is 73.2 Å². The van der Waals surface area contributed by atoms with Crippen LogP contribution in [0.4, 0.5) is 0 Å². The Hall–Kier alpha value is -3.97. The topological polar surface area (TPSA) is 72.4 Å². The van der Waals surface area contributed by atoms with Gasteiger partial charge < -0.3 is 14.5 Å². The molecule has 0 amide bonds. The third-order valence-electron chi connectivity index (χ3n) is 5.72. The molecule has 4 aromatic rings. The van der Waals surface area contributed by atoms with Crippen LogP contribution in [0.1, 0.15) is 17.0 Å². The Morgan fingerprint density at radius 3 is 2.91 bits per heavy atom. The number of ether oxygens (including phenoxy) is 2. The van der Waals surface area contributed by atoms with Gasteiger partial charge in [0.25, 0.3) is 0 Å². The molecule has 0 saturated carbocycles. The average molecular weight is 423 g/mol. The van der Waals surface area contributed by atoms with Gasteiger partial charge in [0, 0.05) is 47.7 Å². The van der Waals surface area contributed by atoms with Gasteiger partial charge in [0.2, 0.25) is 0 Å². The van der Waals surface area contributed by atoms with Crippen LogP contribution in [0.3, 0.4) is 0 Å². The molecule has 1 N–H and O–H groups in total. The van der Waals surface area contributed by atoms with E-state index in [-0.39, 0.29) is 0 Å². The number of hydrazine groups is 1. The zero-order chi connectivity index (χ0) is 21.3. The Bertz CT molecular complexity index is 1320. The van der Waals surface area contributed by atoms with E-state index in [1.807, 2.05) is 67.1 Å². The smallest absolute Gasteiger partial charge is 0.166 e. The van der Waals surface area contributed by atoms with Gasteiger partial charge in [-0.25, -0.2) is 15.4 Å². The molecule has 0 atom stereocenters. The van der Waals surface area contributed by atoms with E-state index >= 15 is 0 Å². The summed E-state index contributed by atoms with van der Waals surface area (Å²) in [5.74, 6) is 2.19. The third kappa shape index (κ3) is 3.42. The summed E-state index contributed by atoms with van der Waals surface area (Å²) in [7, 11) is 0. The van der Waals surface area contributed by atoms with Crippen molar-refractivity contribution in [1.82, 2.24) is 25.4 Å². The van der Waals surface area contributed by atoms with Crippen molar-refractivity contribution in [1.29, 1.82) is 0 Å². The molecule has 2 aromatic carbocycles. The van der Waals surface area contributed by atoms with E-state index in [0.717, 1.165) is 52.3 Å². The number of fused-ring (bicyclic) bond motifs is 4. The predicted molar refractivity (Wildman–Crippen MR) is 122 cm³/mol. The predicted octanol–water partition coefficient (Wildman–Crippen LogP) is 3.68. The monoisotopic (exact) mass is 423 g/mol. The van der Waals surface area contributed by atoms with Gasteiger partial charge in [-0.2, -0.15) is 0 Å². The number of nitrogens with zero attached hydrogens (tertiary/aromatic N) is 4. The fourth-order valence-electron chi connectivity index (χ4n) is 4.17. The van der Waals surface area contributed by atoms with Crippen LogP contribution in [0.5, 0.6) is 11.5 Å². The van der Waals surface area contributed by atoms with Crippen LogP contribution in [0, 0.1) is 0 Å². The van der Waals surface area contributed by atoms with E-state index < -0.39 is 0 Å². The largest absolute Gasteiger partial charge is 0.491 e. The van der Waals surface area contributed by atoms with Crippen LogP contribution in [-0.2, 0) is 6.61 Å². The first-order valence-corrected chi connectivity index (χ1v) is 10.6. The molecule has 7 nitrogen and oxygen atoms in total. The van der Waals surface area contributed by atoms with E-state index in [1.54, 1.807) is 0 Å². The molecule has 0 aliphatic carbocycles. The fourth-order valence-corrected chi connectivity index (χ4v) is 4.17. The number of hydrogen-bond donors (Lipinski definition) is 1. The molecular formula is C25H21N5O2. The van der Waals surface area contributed by atoms with Crippen molar-refractivity contribution >= 4 is 22.2 Å². The number of aromatic nitrogens is 3. The van der Waals surface area contributed by atoms with Crippen LogP contribution in [0.25, 0.3) is 22.2 Å². The first-order valence-electron chi connectivity index (χ1n) is 10.6. The van der Waals surface area contributed by atoms with Crippen molar-refractivity contribution in [2.24, 2.45) is 0 Å². The summed E-state index contributed by atoms with van der Waals surface area (Å²) < 4.78 is 12.1. The van der Waals surface area contributed by atoms with Gasteiger partial charge in [-0.1, -0.05) is 18.2 Å². The Morgan fingerprint density at radius 2 is 1.97 bits per heavy atom. The summed E-state index contributed by atoms with van der Waals surface area (Å²) in [4.78, 5) is 13.2. The summed E-state index contributed by atoms with van der Waals surface area (Å²) >= 11 is 0. The normalized spacial score (nSPS) is 15.2. The van der Waals surface area contributed by atoms with Crippen LogP contribution >= 0.6 is 0 Å². The SMILES string of the molecule is c1ccc2nc(COc3ccc4c(c3)OCCN3NCC(c5ccncc5)=C43)ncc2c1. The molecule has 0 spiro atoms. The second-order valence-corrected chi connectivity index (χ2v) is 7.69. The quantitative estimate of drug-likeness (QED) is 0.537. The number of pyridine rings is 1. The summed E-state index contributed by atoms with van der Waals surface area (Å²) in [5, 5.41) is 3.19. The minimum atomic E-state index is 0.294. The zero-order valence-electron chi connectivity index (χ0n) is 17.4. The van der Waals surface area contributed by atoms with E-state index in [2.05, 4.69) is 31.5 Å². The van der Waals surface area contributed by atoms with E-state index in [9.17, 15) is 0 Å². The molecule has 2 aromatic heterocycles. The highest BCUT2D eigenvalue weighted by Gasteiger charge is 2.29. The van der Waals surface area contributed by atoms with Crippen LogP contribution in [0.2, 0.25) is 0 Å². The average Bonchev–Trinajstić information content (AvgIpc) is 3.18. The summed E-state index contributed by atoms with van der Waals surface area (Å²) in [6.45, 7) is 2.42. The first-order chi connectivity index (χ1) is 15.8. The van der Waals surface area contributed by atoms with Gasteiger partial charge in [-0.15, -0.1) is 0 Å². The molecule has 2 aliphatic rings. The number of nitrogens with one attached hydrogen (secondary N) is 1. The summed E-state index contributed by atoms with van der Waals surface area (Å²) in [6, 6.07) is 18.0. The number of para-hydroxylation sites is 1. The lowest BCUT2D eigenvalue weighted by molar-refractivity contribution is 0.245. The van der Waals surface area contributed by atoms with Crippen molar-refractivity contribution in [2.45, 2.75) is 6.61 Å². The molecular weight excluding hydrogens is 402 g/mol. The van der Waals surface area contributed by atoms with Crippen LogP contribution in [-0.4, -0.2) is 39.7 Å². The van der Waals surface area contributed by atoms with Gasteiger partial charge in [-0.05, 0) is 35.9 Å². The van der Waals surface area contributed by atoms with Crippen molar-refractivity contribution in [3.63, 3.8) is 0 Å². The standard InChI is InChI=1S/C25H21N5O2/c1-2-4-22-18(3-1)14-27-24(29-22)16-32-19-5-6-20-23(13-19)31-12-11-30-25(20)21(15-28-30)17-7-9-26-10-8-17/h1-10,13-14,28H,11-12,15-16H2. The lowest BCUT2D eigenvalue weighted by atomic mass is 10.0.